The fourth-order valence-electron chi connectivity index (χ4n) is 6.32. The lowest BCUT2D eigenvalue weighted by atomic mass is 9.73. The lowest BCUT2D eigenvalue weighted by molar-refractivity contribution is 0.195. The Balaban J connectivity index is 0.000000948. The SMILES string of the molecule is C1CCC(C2CCC([S+](C3CCCCC3)C3CCOC3)CC2)CC1.CC. The van der Waals surface area contributed by atoms with Crippen molar-refractivity contribution in [2.24, 2.45) is 11.8 Å². The van der Waals surface area contributed by atoms with E-state index < -0.39 is 0 Å². The van der Waals surface area contributed by atoms with Crippen LogP contribution in [-0.2, 0) is 15.6 Å². The van der Waals surface area contributed by atoms with Crippen LogP contribution in [0.25, 0.3) is 0 Å². The second kappa shape index (κ2) is 11.3. The van der Waals surface area contributed by atoms with Crippen molar-refractivity contribution in [2.75, 3.05) is 13.2 Å². The summed E-state index contributed by atoms with van der Waals surface area (Å²) in [5, 5.41) is 3.07. The first-order valence-corrected chi connectivity index (χ1v) is 13.6. The van der Waals surface area contributed by atoms with Crippen LogP contribution in [0.3, 0.4) is 0 Å². The van der Waals surface area contributed by atoms with E-state index >= 15 is 0 Å². The van der Waals surface area contributed by atoms with Crippen molar-refractivity contribution in [2.45, 2.75) is 126 Å². The summed E-state index contributed by atoms with van der Waals surface area (Å²) in [4.78, 5) is 0. The molecule has 4 rings (SSSR count). The van der Waals surface area contributed by atoms with Crippen LogP contribution in [0.4, 0.5) is 0 Å². The third-order valence-electron chi connectivity index (χ3n) is 7.63. The summed E-state index contributed by atoms with van der Waals surface area (Å²) in [6.45, 7) is 6.15. The van der Waals surface area contributed by atoms with Gasteiger partial charge in [-0.25, -0.2) is 0 Å². The fourth-order valence-corrected chi connectivity index (χ4v) is 10.3. The number of hydrogen-bond donors (Lipinski definition) is 0. The molecule has 1 aliphatic heterocycles. The van der Waals surface area contributed by atoms with E-state index in [1.165, 1.54) is 44.9 Å². The van der Waals surface area contributed by atoms with Crippen molar-refractivity contribution in [3.63, 3.8) is 0 Å². The predicted molar refractivity (Wildman–Crippen MR) is 117 cm³/mol. The highest BCUT2D eigenvalue weighted by molar-refractivity contribution is 7.98. The van der Waals surface area contributed by atoms with Gasteiger partial charge in [-0.3, -0.25) is 0 Å². The molecular formula is C24H45OS+. The van der Waals surface area contributed by atoms with Crippen molar-refractivity contribution >= 4 is 10.9 Å². The first kappa shape index (κ1) is 21.0. The lowest BCUT2D eigenvalue weighted by Gasteiger charge is -2.38. The van der Waals surface area contributed by atoms with E-state index in [0.717, 1.165) is 40.8 Å². The minimum Gasteiger partial charge on any atom is -0.376 e. The zero-order chi connectivity index (χ0) is 18.2. The van der Waals surface area contributed by atoms with Gasteiger partial charge in [0.05, 0.1) is 13.2 Å². The number of hydrogen-bond acceptors (Lipinski definition) is 1. The van der Waals surface area contributed by atoms with Crippen molar-refractivity contribution in [1.29, 1.82) is 0 Å². The molecule has 0 amide bonds. The molecular weight excluding hydrogens is 336 g/mol. The van der Waals surface area contributed by atoms with Gasteiger partial charge in [-0.05, 0) is 74.1 Å². The van der Waals surface area contributed by atoms with E-state index in [-0.39, 0.29) is 0 Å². The highest BCUT2D eigenvalue weighted by atomic mass is 32.2. The smallest absolute Gasteiger partial charge is 0.144 e. The summed E-state index contributed by atoms with van der Waals surface area (Å²) < 4.78 is 5.84. The van der Waals surface area contributed by atoms with Gasteiger partial charge >= 0.3 is 0 Å². The zero-order valence-corrected chi connectivity index (χ0v) is 18.5. The summed E-state index contributed by atoms with van der Waals surface area (Å²) in [7, 11) is 0.682. The summed E-state index contributed by atoms with van der Waals surface area (Å²) in [6.07, 6.45) is 22.9. The molecule has 0 aromatic rings. The monoisotopic (exact) mass is 381 g/mol. The van der Waals surface area contributed by atoms with E-state index in [2.05, 4.69) is 0 Å². The normalized spacial score (nSPS) is 35.5. The summed E-state index contributed by atoms with van der Waals surface area (Å²) in [5.74, 6) is 2.20. The third kappa shape index (κ3) is 5.43. The molecule has 26 heavy (non-hydrogen) atoms. The maximum Gasteiger partial charge on any atom is 0.144 e. The van der Waals surface area contributed by atoms with E-state index in [4.69, 9.17) is 4.74 Å². The molecule has 1 nitrogen and oxygen atoms in total. The Hall–Kier alpha value is 0.310. The molecule has 4 fully saturated rings. The second-order valence-corrected chi connectivity index (χ2v) is 11.9. The van der Waals surface area contributed by atoms with Crippen LogP contribution in [0.5, 0.6) is 0 Å². The Labute approximate surface area is 166 Å². The van der Waals surface area contributed by atoms with Crippen molar-refractivity contribution in [3.8, 4) is 0 Å². The van der Waals surface area contributed by atoms with Crippen molar-refractivity contribution in [3.05, 3.63) is 0 Å². The number of ether oxygens (including phenoxy) is 1. The average molecular weight is 382 g/mol. The maximum absolute atomic E-state index is 5.84. The second-order valence-electron chi connectivity index (χ2n) is 9.09. The molecule has 2 heteroatoms. The van der Waals surface area contributed by atoms with Gasteiger partial charge in [0.25, 0.3) is 0 Å². The van der Waals surface area contributed by atoms with Crippen LogP contribution in [0.2, 0.25) is 0 Å². The maximum atomic E-state index is 5.84. The largest absolute Gasteiger partial charge is 0.376 e. The standard InChI is InChI=1S/C22H39OS.C2H6/c1-3-7-18(8-4-1)19-11-13-21(14-12-19)24(22-15-16-23-17-22)20-9-5-2-6-10-20;1-2/h18-22H,1-17H2;1-2H3/q+1;. The van der Waals surface area contributed by atoms with Crippen LogP contribution in [0.15, 0.2) is 0 Å². The Bertz CT molecular complexity index is 358. The molecule has 0 aromatic carbocycles. The molecule has 3 saturated carbocycles. The molecule has 1 heterocycles. The van der Waals surface area contributed by atoms with E-state index in [9.17, 15) is 0 Å². The van der Waals surface area contributed by atoms with Gasteiger partial charge in [0.2, 0.25) is 0 Å². The quantitative estimate of drug-likeness (QED) is 0.482. The van der Waals surface area contributed by atoms with Gasteiger partial charge in [0, 0.05) is 6.42 Å². The molecule has 1 saturated heterocycles. The Kier molecular flexibility index (Phi) is 9.18. The average Bonchev–Trinajstić information content (AvgIpc) is 3.26. The Morgan fingerprint density at radius 3 is 1.65 bits per heavy atom. The molecule has 0 spiro atoms. The number of rotatable bonds is 4. The topological polar surface area (TPSA) is 9.23 Å². The molecule has 3 aliphatic carbocycles. The zero-order valence-electron chi connectivity index (χ0n) is 17.7. The summed E-state index contributed by atoms with van der Waals surface area (Å²) in [6, 6.07) is 0. The molecule has 152 valence electrons. The summed E-state index contributed by atoms with van der Waals surface area (Å²) >= 11 is 0. The first-order chi connectivity index (χ1) is 12.9. The minimum atomic E-state index is 0.682. The van der Waals surface area contributed by atoms with Crippen LogP contribution >= 0.6 is 0 Å². The molecule has 0 bridgehead atoms. The summed E-state index contributed by atoms with van der Waals surface area (Å²) in [5.41, 5.74) is 0. The van der Waals surface area contributed by atoms with E-state index in [1.54, 1.807) is 51.4 Å². The van der Waals surface area contributed by atoms with Crippen LogP contribution < -0.4 is 0 Å². The van der Waals surface area contributed by atoms with Gasteiger partial charge in [-0.2, -0.15) is 0 Å². The Morgan fingerprint density at radius 2 is 1.08 bits per heavy atom. The molecule has 0 N–H and O–H groups in total. The lowest BCUT2D eigenvalue weighted by Crippen LogP contribution is -2.44. The van der Waals surface area contributed by atoms with Crippen LogP contribution in [-0.4, -0.2) is 29.0 Å². The van der Waals surface area contributed by atoms with Gasteiger partial charge in [-0.1, -0.05) is 52.4 Å². The Morgan fingerprint density at radius 1 is 0.538 bits per heavy atom. The molecule has 0 aromatic heterocycles. The van der Waals surface area contributed by atoms with Gasteiger partial charge < -0.3 is 4.74 Å². The third-order valence-corrected chi connectivity index (χ3v) is 11.3. The fraction of sp³-hybridized carbons (Fsp3) is 1.00. The van der Waals surface area contributed by atoms with Gasteiger partial charge in [0.15, 0.2) is 0 Å². The van der Waals surface area contributed by atoms with E-state index in [1.807, 2.05) is 13.8 Å². The van der Waals surface area contributed by atoms with Crippen molar-refractivity contribution < 1.29 is 4.74 Å². The molecule has 4 aliphatic rings. The van der Waals surface area contributed by atoms with E-state index in [0.29, 0.717) is 10.9 Å². The van der Waals surface area contributed by atoms with Crippen LogP contribution in [0, 0.1) is 11.8 Å². The van der Waals surface area contributed by atoms with Crippen LogP contribution in [0.1, 0.15) is 110 Å². The minimum absolute atomic E-state index is 0.682. The molecule has 0 radical (unpaired) electrons. The highest BCUT2D eigenvalue weighted by Gasteiger charge is 2.47. The van der Waals surface area contributed by atoms with Crippen molar-refractivity contribution in [1.82, 2.24) is 0 Å². The molecule has 2 atom stereocenters. The first-order valence-electron chi connectivity index (χ1n) is 12.2. The van der Waals surface area contributed by atoms with Gasteiger partial charge in [-0.15, -0.1) is 0 Å². The molecule has 2 unspecified atom stereocenters. The highest BCUT2D eigenvalue weighted by Crippen LogP contribution is 2.43. The van der Waals surface area contributed by atoms with Gasteiger partial charge in [0.1, 0.15) is 15.7 Å². The predicted octanol–water partition coefficient (Wildman–Crippen LogP) is 6.89.